The van der Waals surface area contributed by atoms with Gasteiger partial charge in [-0.2, -0.15) is 4.98 Å². The Bertz CT molecular complexity index is 1350. The predicted octanol–water partition coefficient (Wildman–Crippen LogP) is 4.00. The van der Waals surface area contributed by atoms with Gasteiger partial charge in [0.25, 0.3) is 5.91 Å². The van der Waals surface area contributed by atoms with Crippen molar-refractivity contribution in [3.05, 3.63) is 46.2 Å². The number of rotatable bonds is 7. The van der Waals surface area contributed by atoms with Gasteiger partial charge in [0.2, 0.25) is 17.0 Å². The van der Waals surface area contributed by atoms with Gasteiger partial charge in [0.15, 0.2) is 0 Å². The Kier molecular flexibility index (Phi) is 6.23. The van der Waals surface area contributed by atoms with E-state index in [1.165, 1.54) is 11.3 Å². The van der Waals surface area contributed by atoms with Crippen LogP contribution in [0.5, 0.6) is 11.8 Å². The number of pyridine rings is 1. The molecule has 1 aromatic carbocycles. The first-order valence-electron chi connectivity index (χ1n) is 10.3. The maximum absolute atomic E-state index is 12.4. The normalized spacial score (nSPS) is 13.5. The molecule has 0 aliphatic carbocycles. The number of benzene rings is 1. The van der Waals surface area contributed by atoms with Crippen LogP contribution in [0.25, 0.3) is 21.0 Å². The molecule has 0 bridgehead atoms. The number of aromatic nitrogens is 3. The molecule has 0 radical (unpaired) electrons. The molecule has 0 spiro atoms. The highest BCUT2D eigenvalue weighted by Crippen LogP contribution is 2.41. The number of carbonyl (C=O) groups excluding carboxylic acids is 1. The van der Waals surface area contributed by atoms with Crippen LogP contribution in [0.3, 0.4) is 0 Å². The van der Waals surface area contributed by atoms with Crippen molar-refractivity contribution in [2.45, 2.75) is 6.61 Å². The third kappa shape index (κ3) is 4.42. The fourth-order valence-electron chi connectivity index (χ4n) is 3.59. The number of halogens is 1. The minimum absolute atomic E-state index is 0.0573. The highest BCUT2D eigenvalue weighted by molar-refractivity contribution is 7.21. The summed E-state index contributed by atoms with van der Waals surface area (Å²) in [6, 6.07) is 7.60. The van der Waals surface area contributed by atoms with Crippen LogP contribution in [-0.2, 0) is 16.1 Å². The van der Waals surface area contributed by atoms with Gasteiger partial charge in [-0.1, -0.05) is 0 Å². The minimum atomic E-state index is -0.0573. The van der Waals surface area contributed by atoms with E-state index >= 15 is 0 Å². The second-order valence-electron chi connectivity index (χ2n) is 7.26. The summed E-state index contributed by atoms with van der Waals surface area (Å²) in [5.74, 6) is 0.586. The largest absolute Gasteiger partial charge is 0.420 e. The van der Waals surface area contributed by atoms with E-state index < -0.39 is 0 Å². The molecular formula is C22H20ClN5O4S. The number of hydrogen-bond acceptors (Lipinski definition) is 9. The van der Waals surface area contributed by atoms with Crippen LogP contribution >= 0.6 is 22.9 Å². The molecule has 0 atom stereocenters. The van der Waals surface area contributed by atoms with Gasteiger partial charge in [-0.05, 0) is 29.8 Å². The summed E-state index contributed by atoms with van der Waals surface area (Å²) >= 11 is 7.45. The second-order valence-corrected chi connectivity index (χ2v) is 8.65. The first-order chi connectivity index (χ1) is 16.1. The fourth-order valence-corrected chi connectivity index (χ4v) is 4.83. The van der Waals surface area contributed by atoms with Crippen LogP contribution in [0.15, 0.2) is 30.5 Å². The number of fused-ring (bicyclic) bond motifs is 5. The Morgan fingerprint density at radius 1 is 1.12 bits per heavy atom. The standard InChI is InChI=1S/C22H20ClN5O4S/c1-30-8-9-31-11-12-10-26-22(23)28-21(12)32-16-5-2-13-14(27-16)3-4-15-17(13)18-19(33-15)20(29)25-7-6-24-18/h2-5,10,24H,6-9,11H2,1H3,(H,25,29). The molecule has 0 unspecified atom stereocenters. The second kappa shape index (κ2) is 9.44. The number of amides is 1. The molecule has 1 amide bonds. The van der Waals surface area contributed by atoms with E-state index in [0.29, 0.717) is 42.6 Å². The molecule has 3 aromatic heterocycles. The lowest BCUT2D eigenvalue weighted by Gasteiger charge is -2.11. The average molecular weight is 486 g/mol. The Balaban J connectivity index is 1.48. The summed E-state index contributed by atoms with van der Waals surface area (Å²) in [5.41, 5.74) is 2.24. The van der Waals surface area contributed by atoms with Crippen molar-refractivity contribution in [2.24, 2.45) is 0 Å². The minimum Gasteiger partial charge on any atom is -0.420 e. The third-order valence-electron chi connectivity index (χ3n) is 5.10. The van der Waals surface area contributed by atoms with E-state index in [1.54, 1.807) is 19.4 Å². The molecule has 0 saturated heterocycles. The van der Waals surface area contributed by atoms with Crippen LogP contribution in [0, 0.1) is 0 Å². The van der Waals surface area contributed by atoms with E-state index in [9.17, 15) is 4.79 Å². The highest BCUT2D eigenvalue weighted by Gasteiger charge is 2.22. The number of carbonyl (C=O) groups is 1. The molecular weight excluding hydrogens is 466 g/mol. The molecule has 1 aliphatic rings. The Morgan fingerprint density at radius 2 is 2.00 bits per heavy atom. The molecule has 2 N–H and O–H groups in total. The van der Waals surface area contributed by atoms with E-state index in [2.05, 4.69) is 25.6 Å². The van der Waals surface area contributed by atoms with E-state index in [4.69, 9.17) is 25.8 Å². The first kappa shape index (κ1) is 21.8. The number of nitrogens with zero attached hydrogens (tertiary/aromatic N) is 3. The Hall–Kier alpha value is -3.05. The van der Waals surface area contributed by atoms with Gasteiger partial charge in [-0.15, -0.1) is 11.3 Å². The fraction of sp³-hybridized carbons (Fsp3) is 0.273. The monoisotopic (exact) mass is 485 g/mol. The Morgan fingerprint density at radius 3 is 2.88 bits per heavy atom. The summed E-state index contributed by atoms with van der Waals surface area (Å²) < 4.78 is 17.5. The molecule has 33 heavy (non-hydrogen) atoms. The third-order valence-corrected chi connectivity index (χ3v) is 6.44. The van der Waals surface area contributed by atoms with Crippen molar-refractivity contribution in [3.63, 3.8) is 0 Å². The zero-order valence-corrected chi connectivity index (χ0v) is 19.3. The zero-order valence-electron chi connectivity index (χ0n) is 17.7. The maximum Gasteiger partial charge on any atom is 0.263 e. The van der Waals surface area contributed by atoms with Gasteiger partial charge in [-0.25, -0.2) is 9.97 Å². The van der Waals surface area contributed by atoms with Crippen LogP contribution < -0.4 is 15.4 Å². The van der Waals surface area contributed by atoms with E-state index in [-0.39, 0.29) is 23.7 Å². The van der Waals surface area contributed by atoms with Gasteiger partial charge in [0, 0.05) is 47.9 Å². The summed E-state index contributed by atoms with van der Waals surface area (Å²) in [6.45, 7) is 2.41. The number of hydrogen-bond donors (Lipinski definition) is 2. The average Bonchev–Trinajstić information content (AvgIpc) is 3.10. The molecule has 4 aromatic rings. The van der Waals surface area contributed by atoms with Crippen molar-refractivity contribution < 1.29 is 19.0 Å². The number of anilines is 1. The molecule has 0 saturated carbocycles. The van der Waals surface area contributed by atoms with Crippen molar-refractivity contribution >= 4 is 55.5 Å². The molecule has 11 heteroatoms. The number of ether oxygens (including phenoxy) is 3. The molecule has 5 rings (SSSR count). The smallest absolute Gasteiger partial charge is 0.263 e. The molecule has 9 nitrogen and oxygen atoms in total. The van der Waals surface area contributed by atoms with Gasteiger partial charge < -0.3 is 24.8 Å². The van der Waals surface area contributed by atoms with Gasteiger partial charge in [0.05, 0.1) is 36.6 Å². The topological polar surface area (TPSA) is 107 Å². The van der Waals surface area contributed by atoms with Crippen LogP contribution in [0.4, 0.5) is 5.69 Å². The van der Waals surface area contributed by atoms with Gasteiger partial charge in [0.1, 0.15) is 4.88 Å². The zero-order chi connectivity index (χ0) is 22.8. The molecule has 1 aliphatic heterocycles. The highest BCUT2D eigenvalue weighted by atomic mass is 35.5. The molecule has 4 heterocycles. The summed E-state index contributed by atoms with van der Waals surface area (Å²) in [4.78, 5) is 26.0. The lowest BCUT2D eigenvalue weighted by molar-refractivity contribution is 0.0606. The quantitative estimate of drug-likeness (QED) is 0.299. The number of thiophene rings is 1. The number of nitrogens with one attached hydrogen (secondary N) is 2. The Labute approximate surface area is 198 Å². The van der Waals surface area contributed by atoms with Crippen LogP contribution in [0.1, 0.15) is 15.2 Å². The van der Waals surface area contributed by atoms with Crippen molar-refractivity contribution in [3.8, 4) is 11.8 Å². The van der Waals surface area contributed by atoms with Crippen molar-refractivity contribution in [2.75, 3.05) is 38.7 Å². The predicted molar refractivity (Wildman–Crippen MR) is 127 cm³/mol. The lowest BCUT2D eigenvalue weighted by Crippen LogP contribution is -2.24. The molecule has 170 valence electrons. The SMILES string of the molecule is COCCOCc1cnc(Cl)nc1Oc1ccc2c(ccc3sc4c(c32)NCCNC4=O)n1. The van der Waals surface area contributed by atoms with E-state index in [1.807, 2.05) is 18.2 Å². The number of methoxy groups -OCH3 is 1. The van der Waals surface area contributed by atoms with Crippen LogP contribution in [0.2, 0.25) is 5.28 Å². The summed E-state index contributed by atoms with van der Waals surface area (Å²) in [7, 11) is 1.61. The van der Waals surface area contributed by atoms with Gasteiger partial charge in [-0.3, -0.25) is 4.79 Å². The maximum atomic E-state index is 12.4. The van der Waals surface area contributed by atoms with Crippen LogP contribution in [-0.4, -0.2) is 54.3 Å². The van der Waals surface area contributed by atoms with Crippen molar-refractivity contribution in [1.29, 1.82) is 0 Å². The molecule has 0 fully saturated rings. The van der Waals surface area contributed by atoms with Crippen molar-refractivity contribution in [1.82, 2.24) is 20.3 Å². The first-order valence-corrected chi connectivity index (χ1v) is 11.5. The summed E-state index contributed by atoms with van der Waals surface area (Å²) in [6.07, 6.45) is 1.57. The van der Waals surface area contributed by atoms with E-state index in [0.717, 1.165) is 26.7 Å². The lowest BCUT2D eigenvalue weighted by atomic mass is 10.1. The van der Waals surface area contributed by atoms with Gasteiger partial charge >= 0.3 is 0 Å². The summed E-state index contributed by atoms with van der Waals surface area (Å²) in [5, 5.41) is 8.28.